The maximum atomic E-state index is 11.5. The van der Waals surface area contributed by atoms with Crippen LogP contribution in [-0.2, 0) is 9.47 Å². The minimum Gasteiger partial charge on any atom is -0.465 e. The first-order valence-electron chi connectivity index (χ1n) is 6.30. The zero-order valence-electron chi connectivity index (χ0n) is 10.7. The Morgan fingerprint density at radius 2 is 2.37 bits per heavy atom. The van der Waals surface area contributed by atoms with Crippen molar-refractivity contribution in [1.29, 1.82) is 0 Å². The van der Waals surface area contributed by atoms with Crippen molar-refractivity contribution in [2.75, 3.05) is 26.9 Å². The van der Waals surface area contributed by atoms with Gasteiger partial charge in [-0.2, -0.15) is 0 Å². The molecule has 2 aromatic rings. The van der Waals surface area contributed by atoms with Gasteiger partial charge in [-0.05, 0) is 17.7 Å². The number of H-pyrrole nitrogens is 1. The first-order chi connectivity index (χ1) is 9.29. The normalized spacial score (nSPS) is 19.5. The van der Waals surface area contributed by atoms with Gasteiger partial charge in [0, 0.05) is 23.6 Å². The number of carbonyl (C=O) groups excluding carboxylic acids is 1. The van der Waals surface area contributed by atoms with E-state index in [1.54, 1.807) is 6.07 Å². The molecule has 5 heteroatoms. The van der Waals surface area contributed by atoms with Crippen LogP contribution in [0.1, 0.15) is 22.0 Å². The lowest BCUT2D eigenvalue weighted by Gasteiger charge is -2.23. The van der Waals surface area contributed by atoms with Crippen LogP contribution < -0.4 is 5.32 Å². The number of benzene rings is 1. The molecule has 0 aliphatic carbocycles. The zero-order valence-corrected chi connectivity index (χ0v) is 10.7. The Morgan fingerprint density at radius 3 is 3.11 bits per heavy atom. The molecular formula is C14H16N2O3. The molecule has 0 spiro atoms. The third-order valence-electron chi connectivity index (χ3n) is 3.43. The highest BCUT2D eigenvalue weighted by molar-refractivity contribution is 5.95. The molecule has 1 aliphatic rings. The largest absolute Gasteiger partial charge is 0.465 e. The minimum absolute atomic E-state index is 0.200. The number of methoxy groups -OCH3 is 1. The number of nitrogens with one attached hydrogen (secondary N) is 2. The van der Waals surface area contributed by atoms with Crippen molar-refractivity contribution in [3.8, 4) is 0 Å². The van der Waals surface area contributed by atoms with Gasteiger partial charge in [0.1, 0.15) is 0 Å². The zero-order chi connectivity index (χ0) is 13.2. The number of morpholine rings is 1. The van der Waals surface area contributed by atoms with Gasteiger partial charge >= 0.3 is 5.97 Å². The highest BCUT2D eigenvalue weighted by Crippen LogP contribution is 2.26. The molecule has 1 saturated heterocycles. The molecule has 0 radical (unpaired) electrons. The lowest BCUT2D eigenvalue weighted by atomic mass is 10.0. The molecule has 2 heterocycles. The summed E-state index contributed by atoms with van der Waals surface area (Å²) in [4.78, 5) is 14.7. The summed E-state index contributed by atoms with van der Waals surface area (Å²) in [7, 11) is 1.38. The Labute approximate surface area is 110 Å². The lowest BCUT2D eigenvalue weighted by Crippen LogP contribution is -2.34. The molecule has 0 bridgehead atoms. The van der Waals surface area contributed by atoms with Crippen LogP contribution in [0.5, 0.6) is 0 Å². The summed E-state index contributed by atoms with van der Waals surface area (Å²) in [5.74, 6) is -0.322. The number of aromatic amines is 1. The summed E-state index contributed by atoms with van der Waals surface area (Å²) in [5, 5.41) is 4.53. The van der Waals surface area contributed by atoms with E-state index >= 15 is 0 Å². The second-order valence-electron chi connectivity index (χ2n) is 4.58. The van der Waals surface area contributed by atoms with Gasteiger partial charge in [0.2, 0.25) is 0 Å². The van der Waals surface area contributed by atoms with Crippen LogP contribution in [0, 0.1) is 0 Å². The molecular weight excluding hydrogens is 244 g/mol. The van der Waals surface area contributed by atoms with Gasteiger partial charge in [-0.25, -0.2) is 4.79 Å². The molecule has 1 fully saturated rings. The van der Waals surface area contributed by atoms with E-state index in [9.17, 15) is 4.79 Å². The molecule has 1 aromatic carbocycles. The topological polar surface area (TPSA) is 63.4 Å². The molecule has 3 rings (SSSR count). The Bertz CT molecular complexity index is 600. The van der Waals surface area contributed by atoms with Crippen molar-refractivity contribution < 1.29 is 14.3 Å². The number of fused-ring (bicyclic) bond motifs is 1. The third-order valence-corrected chi connectivity index (χ3v) is 3.43. The number of hydrogen-bond acceptors (Lipinski definition) is 4. The molecule has 2 N–H and O–H groups in total. The number of ether oxygens (including phenoxy) is 2. The third kappa shape index (κ3) is 2.22. The maximum Gasteiger partial charge on any atom is 0.337 e. The van der Waals surface area contributed by atoms with Crippen molar-refractivity contribution >= 4 is 16.9 Å². The van der Waals surface area contributed by atoms with E-state index in [0.29, 0.717) is 12.2 Å². The average molecular weight is 260 g/mol. The fraction of sp³-hybridized carbons (Fsp3) is 0.357. The van der Waals surface area contributed by atoms with Crippen LogP contribution in [-0.4, -0.2) is 37.8 Å². The Kier molecular flexibility index (Phi) is 3.23. The highest BCUT2D eigenvalue weighted by atomic mass is 16.5. The Morgan fingerprint density at radius 1 is 1.47 bits per heavy atom. The predicted octanol–water partition coefficient (Wildman–Crippen LogP) is 1.62. The monoisotopic (exact) mass is 260 g/mol. The first-order valence-corrected chi connectivity index (χ1v) is 6.30. The fourth-order valence-electron chi connectivity index (χ4n) is 2.45. The minimum atomic E-state index is -0.322. The van der Waals surface area contributed by atoms with E-state index in [2.05, 4.69) is 10.3 Å². The van der Waals surface area contributed by atoms with Gasteiger partial charge in [-0.3, -0.25) is 0 Å². The van der Waals surface area contributed by atoms with Gasteiger partial charge in [-0.15, -0.1) is 0 Å². The number of esters is 1. The molecule has 1 aromatic heterocycles. The van der Waals surface area contributed by atoms with E-state index in [-0.39, 0.29) is 12.0 Å². The first kappa shape index (κ1) is 12.2. The van der Waals surface area contributed by atoms with Crippen molar-refractivity contribution in [2.45, 2.75) is 6.04 Å². The summed E-state index contributed by atoms with van der Waals surface area (Å²) in [6.07, 6.45) is 1.97. The smallest absolute Gasteiger partial charge is 0.337 e. The van der Waals surface area contributed by atoms with Crippen LogP contribution in [0.25, 0.3) is 10.9 Å². The van der Waals surface area contributed by atoms with Gasteiger partial charge in [0.05, 0.1) is 31.9 Å². The van der Waals surface area contributed by atoms with Crippen molar-refractivity contribution in [3.63, 3.8) is 0 Å². The van der Waals surface area contributed by atoms with Crippen LogP contribution >= 0.6 is 0 Å². The summed E-state index contributed by atoms with van der Waals surface area (Å²) >= 11 is 0. The summed E-state index contributed by atoms with van der Waals surface area (Å²) in [6, 6.07) is 5.75. The Balaban J connectivity index is 1.97. The molecule has 1 atom stereocenters. The number of hydrogen-bond donors (Lipinski definition) is 2. The van der Waals surface area contributed by atoms with E-state index < -0.39 is 0 Å². The second-order valence-corrected chi connectivity index (χ2v) is 4.58. The van der Waals surface area contributed by atoms with Gasteiger partial charge in [0.15, 0.2) is 0 Å². The van der Waals surface area contributed by atoms with E-state index in [0.717, 1.165) is 24.1 Å². The molecule has 100 valence electrons. The number of rotatable bonds is 2. The number of carbonyl (C=O) groups is 1. The van der Waals surface area contributed by atoms with Crippen molar-refractivity contribution in [1.82, 2.24) is 10.3 Å². The SMILES string of the molecule is COC(=O)c1ccc2c(C3COCCN3)c[nH]c2c1. The van der Waals surface area contributed by atoms with Crippen LogP contribution in [0.3, 0.4) is 0 Å². The molecule has 19 heavy (non-hydrogen) atoms. The molecule has 0 saturated carbocycles. The van der Waals surface area contributed by atoms with Crippen LogP contribution in [0.4, 0.5) is 0 Å². The molecule has 1 aliphatic heterocycles. The van der Waals surface area contributed by atoms with Crippen LogP contribution in [0.2, 0.25) is 0 Å². The second kappa shape index (κ2) is 5.03. The van der Waals surface area contributed by atoms with Crippen molar-refractivity contribution in [3.05, 3.63) is 35.5 Å². The standard InChI is InChI=1S/C14H16N2O3/c1-18-14(17)9-2-3-10-11(7-16-12(10)6-9)13-8-19-5-4-15-13/h2-3,6-7,13,15-16H,4-5,8H2,1H3. The highest BCUT2D eigenvalue weighted by Gasteiger charge is 2.19. The summed E-state index contributed by atoms with van der Waals surface area (Å²) in [6.45, 7) is 2.29. The maximum absolute atomic E-state index is 11.5. The predicted molar refractivity (Wildman–Crippen MR) is 71.2 cm³/mol. The quantitative estimate of drug-likeness (QED) is 0.805. The number of aromatic nitrogens is 1. The van der Waals surface area contributed by atoms with Crippen LogP contribution in [0.15, 0.2) is 24.4 Å². The average Bonchev–Trinajstić information content (AvgIpc) is 2.90. The van der Waals surface area contributed by atoms with Gasteiger partial charge in [-0.1, -0.05) is 6.07 Å². The van der Waals surface area contributed by atoms with Crippen molar-refractivity contribution in [2.24, 2.45) is 0 Å². The summed E-state index contributed by atoms with van der Waals surface area (Å²) < 4.78 is 10.2. The lowest BCUT2D eigenvalue weighted by molar-refractivity contribution is 0.0601. The van der Waals surface area contributed by atoms with E-state index in [1.165, 1.54) is 12.7 Å². The van der Waals surface area contributed by atoms with Gasteiger partial charge in [0.25, 0.3) is 0 Å². The molecule has 0 amide bonds. The molecule has 1 unspecified atom stereocenters. The Hall–Kier alpha value is -1.85. The molecule has 5 nitrogen and oxygen atoms in total. The fourth-order valence-corrected chi connectivity index (χ4v) is 2.45. The summed E-state index contributed by atoms with van der Waals surface area (Å²) in [5.41, 5.74) is 2.66. The van der Waals surface area contributed by atoms with E-state index in [1.807, 2.05) is 18.3 Å². The van der Waals surface area contributed by atoms with Gasteiger partial charge < -0.3 is 19.8 Å². The van der Waals surface area contributed by atoms with E-state index in [4.69, 9.17) is 9.47 Å².